The van der Waals surface area contributed by atoms with Crippen molar-refractivity contribution in [2.24, 2.45) is 0 Å². The van der Waals surface area contributed by atoms with Crippen LogP contribution in [-0.4, -0.2) is 0 Å². The van der Waals surface area contributed by atoms with Crippen LogP contribution in [0.15, 0.2) is 194 Å². The van der Waals surface area contributed by atoms with Gasteiger partial charge in [0.15, 0.2) is 11.5 Å². The summed E-state index contributed by atoms with van der Waals surface area (Å²) in [6.45, 7) is 4.71. The van der Waals surface area contributed by atoms with Crippen LogP contribution in [0.4, 0.5) is 34.1 Å². The van der Waals surface area contributed by atoms with E-state index >= 15 is 0 Å². The molecule has 0 unspecified atom stereocenters. The fraction of sp³-hybridized carbons (Fsp3) is 0.0545. The zero-order valence-electron chi connectivity index (χ0n) is 32.3. The Hall–Kier alpha value is -7.36. The minimum absolute atomic E-state index is 0.319. The van der Waals surface area contributed by atoms with Crippen molar-refractivity contribution in [1.29, 1.82) is 0 Å². The van der Waals surface area contributed by atoms with Crippen molar-refractivity contribution >= 4 is 77.2 Å². The van der Waals surface area contributed by atoms with Crippen molar-refractivity contribution in [2.75, 3.05) is 9.80 Å². The molecule has 0 bridgehead atoms. The fourth-order valence-corrected chi connectivity index (χ4v) is 9.78. The van der Waals surface area contributed by atoms with Crippen LogP contribution in [0.1, 0.15) is 25.0 Å². The fourth-order valence-electron chi connectivity index (χ4n) is 9.78. The molecule has 0 atom stereocenters. The number of hydrogen-bond donors (Lipinski definition) is 0. The summed E-state index contributed by atoms with van der Waals surface area (Å²) < 4.78 is 6.70. The Morgan fingerprint density at radius 2 is 0.966 bits per heavy atom. The molecule has 0 amide bonds. The number of anilines is 6. The zero-order chi connectivity index (χ0) is 38.5. The highest BCUT2D eigenvalue weighted by Gasteiger charge is 2.42. The number of hydrogen-bond acceptors (Lipinski definition) is 3. The van der Waals surface area contributed by atoms with Crippen LogP contribution in [0, 0.1) is 0 Å². The van der Waals surface area contributed by atoms with E-state index in [1.54, 1.807) is 0 Å². The van der Waals surface area contributed by atoms with Gasteiger partial charge < -0.3 is 14.5 Å². The van der Waals surface area contributed by atoms with Crippen molar-refractivity contribution in [3.63, 3.8) is 0 Å². The monoisotopic (exact) mass is 742 g/mol. The standard InChI is InChI=1S/C55H38N2O/c1-55(2)48-21-12-22-51-54(48)57(53-41-16-7-6-15-37(41)25-32-52(53)58-51)50-31-29-40(34-49(50)55)56(38-26-23-36(24-27-38)35-13-4-3-5-14-35)39-28-30-46-44-19-9-8-17-42(44)43-18-10-11-20-45(43)47(46)33-39/h3-34H,1-2H3. The topological polar surface area (TPSA) is 15.7 Å². The molecule has 12 rings (SSSR count). The van der Waals surface area contributed by atoms with Crippen LogP contribution in [0.5, 0.6) is 11.5 Å². The van der Waals surface area contributed by atoms with E-state index in [-0.39, 0.29) is 5.41 Å². The van der Waals surface area contributed by atoms with Gasteiger partial charge in [-0.15, -0.1) is 0 Å². The molecule has 0 saturated heterocycles. The normalized spacial score (nSPS) is 13.6. The van der Waals surface area contributed by atoms with Gasteiger partial charge in [0.05, 0.1) is 17.1 Å². The molecule has 10 aromatic rings. The number of ether oxygens (including phenoxy) is 1. The lowest BCUT2D eigenvalue weighted by atomic mass is 9.73. The molecule has 58 heavy (non-hydrogen) atoms. The number of para-hydroxylation sites is 1. The van der Waals surface area contributed by atoms with E-state index < -0.39 is 0 Å². The molecule has 3 heteroatoms. The molecule has 0 saturated carbocycles. The second-order valence-corrected chi connectivity index (χ2v) is 16.1. The van der Waals surface area contributed by atoms with Crippen molar-refractivity contribution in [2.45, 2.75) is 19.3 Å². The second kappa shape index (κ2) is 12.3. The zero-order valence-corrected chi connectivity index (χ0v) is 32.3. The van der Waals surface area contributed by atoms with E-state index in [1.807, 2.05) is 0 Å². The summed E-state index contributed by atoms with van der Waals surface area (Å²) in [5.41, 5.74) is 11.3. The third kappa shape index (κ3) is 4.74. The highest BCUT2D eigenvalue weighted by Crippen LogP contribution is 2.61. The SMILES string of the molecule is CC1(C)c2cc(N(c3ccc(-c4ccccc4)cc3)c3ccc4c5ccccc5c5ccccc5c4c3)ccc2N2c3c(cccc31)Oc1ccc3ccccc3c12. The third-order valence-corrected chi connectivity index (χ3v) is 12.6. The van der Waals surface area contributed by atoms with E-state index in [0.29, 0.717) is 0 Å². The van der Waals surface area contributed by atoms with Gasteiger partial charge in [-0.2, -0.15) is 0 Å². The van der Waals surface area contributed by atoms with E-state index in [4.69, 9.17) is 4.74 Å². The highest BCUT2D eigenvalue weighted by atomic mass is 16.5. The molecule has 0 radical (unpaired) electrons. The lowest BCUT2D eigenvalue weighted by Gasteiger charge is -2.45. The molecule has 0 N–H and O–H groups in total. The molecule has 2 heterocycles. The minimum Gasteiger partial charge on any atom is -0.453 e. The summed E-state index contributed by atoms with van der Waals surface area (Å²) in [5, 5.41) is 9.95. The molecule has 0 aliphatic carbocycles. The van der Waals surface area contributed by atoms with Crippen molar-refractivity contribution in [3.05, 3.63) is 205 Å². The summed E-state index contributed by atoms with van der Waals surface area (Å²) in [6.07, 6.45) is 0. The highest BCUT2D eigenvalue weighted by molar-refractivity contribution is 6.25. The van der Waals surface area contributed by atoms with Gasteiger partial charge in [-0.25, -0.2) is 0 Å². The Kier molecular flexibility index (Phi) is 6.98. The first-order valence-corrected chi connectivity index (χ1v) is 20.1. The van der Waals surface area contributed by atoms with E-state index in [2.05, 4.69) is 218 Å². The van der Waals surface area contributed by atoms with Crippen molar-refractivity contribution in [3.8, 4) is 22.6 Å². The van der Waals surface area contributed by atoms with Gasteiger partial charge in [-0.05, 0) is 115 Å². The smallest absolute Gasteiger partial charge is 0.152 e. The second-order valence-electron chi connectivity index (χ2n) is 16.1. The minimum atomic E-state index is -0.319. The molecule has 0 fully saturated rings. The average Bonchev–Trinajstić information content (AvgIpc) is 3.28. The maximum Gasteiger partial charge on any atom is 0.152 e. The van der Waals surface area contributed by atoms with Gasteiger partial charge >= 0.3 is 0 Å². The number of benzene rings is 10. The molecule has 10 aromatic carbocycles. The number of nitrogens with zero attached hydrogens (tertiary/aromatic N) is 2. The molecular weight excluding hydrogens is 705 g/mol. The summed E-state index contributed by atoms with van der Waals surface area (Å²) in [5.74, 6) is 1.76. The van der Waals surface area contributed by atoms with Gasteiger partial charge in [-0.3, -0.25) is 0 Å². The van der Waals surface area contributed by atoms with E-state index in [9.17, 15) is 0 Å². The van der Waals surface area contributed by atoms with Gasteiger partial charge in [0.1, 0.15) is 0 Å². The molecule has 2 aliphatic heterocycles. The Morgan fingerprint density at radius 1 is 0.397 bits per heavy atom. The molecular formula is C55H38N2O. The van der Waals surface area contributed by atoms with Crippen LogP contribution < -0.4 is 14.5 Å². The predicted octanol–water partition coefficient (Wildman–Crippen LogP) is 15.7. The van der Waals surface area contributed by atoms with Crippen LogP contribution in [-0.2, 0) is 5.41 Å². The number of rotatable bonds is 4. The predicted molar refractivity (Wildman–Crippen MR) is 243 cm³/mol. The quantitative estimate of drug-likeness (QED) is 0.167. The molecule has 2 aliphatic rings. The Morgan fingerprint density at radius 3 is 1.71 bits per heavy atom. The van der Waals surface area contributed by atoms with Gasteiger partial charge in [0.25, 0.3) is 0 Å². The van der Waals surface area contributed by atoms with Crippen LogP contribution in [0.3, 0.4) is 0 Å². The van der Waals surface area contributed by atoms with Gasteiger partial charge in [0.2, 0.25) is 0 Å². The van der Waals surface area contributed by atoms with Crippen LogP contribution in [0.25, 0.3) is 54.2 Å². The lowest BCUT2D eigenvalue weighted by molar-refractivity contribution is 0.472. The largest absolute Gasteiger partial charge is 0.453 e. The number of fused-ring (bicyclic) bond motifs is 12. The van der Waals surface area contributed by atoms with Gasteiger partial charge in [-0.1, -0.05) is 153 Å². The average molecular weight is 743 g/mol. The molecule has 0 aromatic heterocycles. The summed E-state index contributed by atoms with van der Waals surface area (Å²) in [6, 6.07) is 70.8. The summed E-state index contributed by atoms with van der Waals surface area (Å²) in [7, 11) is 0. The Bertz CT molecular complexity index is 3260. The molecule has 3 nitrogen and oxygen atoms in total. The molecule has 0 spiro atoms. The summed E-state index contributed by atoms with van der Waals surface area (Å²) in [4.78, 5) is 4.89. The van der Waals surface area contributed by atoms with Crippen LogP contribution >= 0.6 is 0 Å². The third-order valence-electron chi connectivity index (χ3n) is 12.6. The van der Waals surface area contributed by atoms with Gasteiger partial charge in [0, 0.05) is 27.9 Å². The van der Waals surface area contributed by atoms with Crippen LogP contribution in [0.2, 0.25) is 0 Å². The molecule has 274 valence electrons. The maximum absolute atomic E-state index is 6.70. The Labute approximate surface area is 337 Å². The lowest BCUT2D eigenvalue weighted by Crippen LogP contribution is -2.32. The maximum atomic E-state index is 6.70. The first kappa shape index (κ1) is 32.8. The Balaban J connectivity index is 1.10. The van der Waals surface area contributed by atoms with E-state index in [0.717, 1.165) is 39.9 Å². The summed E-state index contributed by atoms with van der Waals surface area (Å²) >= 11 is 0. The first-order valence-electron chi connectivity index (χ1n) is 20.1. The van der Waals surface area contributed by atoms with Crippen molar-refractivity contribution < 1.29 is 4.74 Å². The van der Waals surface area contributed by atoms with E-state index in [1.165, 1.54) is 71.0 Å². The van der Waals surface area contributed by atoms with Crippen molar-refractivity contribution in [1.82, 2.24) is 0 Å². The first-order chi connectivity index (χ1) is 28.5.